The van der Waals surface area contributed by atoms with Crippen molar-refractivity contribution in [1.29, 1.82) is 0 Å². The second kappa shape index (κ2) is 13.9. The first-order valence-electron chi connectivity index (χ1n) is 8.86. The van der Waals surface area contributed by atoms with Crippen molar-refractivity contribution >= 4 is 17.9 Å². The highest BCUT2D eigenvalue weighted by atomic mass is 16.5. The van der Waals surface area contributed by atoms with Crippen LogP contribution in [0.5, 0.6) is 0 Å². The van der Waals surface area contributed by atoms with Gasteiger partial charge in [-0.3, -0.25) is 9.59 Å². The third-order valence-corrected chi connectivity index (χ3v) is 3.34. The number of aliphatic hydroxyl groups excluding tert-OH is 2. The molecular formula is C18H28N2O7. The van der Waals surface area contributed by atoms with E-state index in [4.69, 9.17) is 24.1 Å². The molecule has 4 N–H and O–H groups in total. The molecule has 0 aliphatic carbocycles. The molecule has 0 unspecified atom stereocenters. The molecule has 0 aliphatic rings. The van der Waals surface area contributed by atoms with Crippen molar-refractivity contribution in [3.63, 3.8) is 0 Å². The Bertz CT molecular complexity index is 570. The first-order chi connectivity index (χ1) is 13.1. The zero-order valence-electron chi connectivity index (χ0n) is 15.5. The van der Waals surface area contributed by atoms with Crippen LogP contribution in [-0.4, -0.2) is 74.8 Å². The van der Waals surface area contributed by atoms with Crippen LogP contribution >= 0.6 is 0 Å². The van der Waals surface area contributed by atoms with Gasteiger partial charge in [0.1, 0.15) is 17.1 Å². The minimum absolute atomic E-state index is 0.0991. The summed E-state index contributed by atoms with van der Waals surface area (Å²) in [6, 6.07) is 3.47. The molecule has 0 fully saturated rings. The second-order valence-electron chi connectivity index (χ2n) is 5.40. The third-order valence-electron chi connectivity index (χ3n) is 3.34. The summed E-state index contributed by atoms with van der Waals surface area (Å²) in [5.74, 6) is 0.0214. The van der Waals surface area contributed by atoms with E-state index in [1.165, 1.54) is 6.08 Å². The maximum Gasteiger partial charge on any atom is 0.257 e. The van der Waals surface area contributed by atoms with E-state index in [1.54, 1.807) is 12.1 Å². The van der Waals surface area contributed by atoms with Gasteiger partial charge in [0.15, 0.2) is 0 Å². The first kappa shape index (κ1) is 22.8. The molecule has 2 amide bonds. The minimum atomic E-state index is -0.564. The molecule has 0 aromatic carbocycles. The van der Waals surface area contributed by atoms with E-state index in [0.717, 1.165) is 5.76 Å². The largest absolute Gasteiger partial charge is 0.462 e. The highest BCUT2D eigenvalue weighted by Gasteiger charge is 2.18. The number of rotatable bonds is 14. The number of carbonyl (C=O) groups excluding carboxylic acids is 2. The van der Waals surface area contributed by atoms with Crippen molar-refractivity contribution in [3.05, 3.63) is 29.2 Å². The molecule has 0 aliphatic heterocycles. The molecule has 0 spiro atoms. The lowest BCUT2D eigenvalue weighted by atomic mass is 10.2. The van der Waals surface area contributed by atoms with E-state index in [2.05, 4.69) is 10.6 Å². The highest BCUT2D eigenvalue weighted by molar-refractivity contribution is 6.21. The quantitative estimate of drug-likeness (QED) is 0.147. The number of nitrogens with one attached hydrogen (secondary N) is 2. The van der Waals surface area contributed by atoms with E-state index >= 15 is 0 Å². The summed E-state index contributed by atoms with van der Waals surface area (Å²) >= 11 is 0. The molecule has 1 aromatic heterocycles. The number of aliphatic hydroxyl groups is 2. The number of ether oxygens (including phenoxy) is 2. The van der Waals surface area contributed by atoms with Crippen LogP contribution < -0.4 is 10.6 Å². The summed E-state index contributed by atoms with van der Waals surface area (Å²) in [4.78, 5) is 24.8. The lowest BCUT2D eigenvalue weighted by molar-refractivity contribution is -0.123. The van der Waals surface area contributed by atoms with E-state index in [1.807, 2.05) is 6.92 Å². The molecule has 1 rings (SSSR count). The summed E-state index contributed by atoms with van der Waals surface area (Å²) in [7, 11) is 0. The van der Waals surface area contributed by atoms with Gasteiger partial charge < -0.3 is 34.7 Å². The van der Waals surface area contributed by atoms with Crippen molar-refractivity contribution < 1.29 is 33.7 Å². The Morgan fingerprint density at radius 3 is 2.00 bits per heavy atom. The SMILES string of the molecule is CCc1ccc(C=C(C(=O)NCCOCCO)C(=O)NCCOCCO)o1. The lowest BCUT2D eigenvalue weighted by Crippen LogP contribution is -2.37. The second-order valence-corrected chi connectivity index (χ2v) is 5.40. The fourth-order valence-electron chi connectivity index (χ4n) is 2.04. The fraction of sp³-hybridized carbons (Fsp3) is 0.556. The first-order valence-corrected chi connectivity index (χ1v) is 8.86. The maximum atomic E-state index is 12.4. The number of hydrogen-bond acceptors (Lipinski definition) is 7. The number of hydrogen-bond donors (Lipinski definition) is 4. The van der Waals surface area contributed by atoms with Gasteiger partial charge in [-0.25, -0.2) is 0 Å². The van der Waals surface area contributed by atoms with Gasteiger partial charge in [-0.2, -0.15) is 0 Å². The fourth-order valence-corrected chi connectivity index (χ4v) is 2.04. The van der Waals surface area contributed by atoms with Crippen molar-refractivity contribution in [1.82, 2.24) is 10.6 Å². The van der Waals surface area contributed by atoms with Gasteiger partial charge in [0.2, 0.25) is 0 Å². The maximum absolute atomic E-state index is 12.4. The van der Waals surface area contributed by atoms with Crippen LogP contribution in [0.1, 0.15) is 18.4 Å². The van der Waals surface area contributed by atoms with Gasteiger partial charge in [0.05, 0.1) is 39.6 Å². The summed E-state index contributed by atoms with van der Waals surface area (Å²) in [6.45, 7) is 2.93. The molecular weight excluding hydrogens is 356 g/mol. The molecule has 0 saturated heterocycles. The Labute approximate surface area is 158 Å². The molecule has 9 nitrogen and oxygen atoms in total. The molecule has 0 saturated carbocycles. The molecule has 9 heteroatoms. The monoisotopic (exact) mass is 384 g/mol. The third kappa shape index (κ3) is 9.34. The van der Waals surface area contributed by atoms with Crippen LogP contribution in [0.15, 0.2) is 22.1 Å². The predicted octanol–water partition coefficient (Wildman–Crippen LogP) is -0.524. The van der Waals surface area contributed by atoms with Crippen LogP contribution in [-0.2, 0) is 25.5 Å². The zero-order valence-corrected chi connectivity index (χ0v) is 15.5. The van der Waals surface area contributed by atoms with E-state index < -0.39 is 11.8 Å². The van der Waals surface area contributed by atoms with Gasteiger partial charge in [-0.1, -0.05) is 6.92 Å². The van der Waals surface area contributed by atoms with Gasteiger partial charge in [0, 0.05) is 19.5 Å². The normalized spacial score (nSPS) is 10.5. The number of carbonyl (C=O) groups is 2. The van der Waals surface area contributed by atoms with Crippen molar-refractivity contribution in [2.45, 2.75) is 13.3 Å². The Kier molecular flexibility index (Phi) is 11.8. The minimum Gasteiger partial charge on any atom is -0.462 e. The number of furan rings is 1. The molecule has 152 valence electrons. The van der Waals surface area contributed by atoms with E-state index in [9.17, 15) is 9.59 Å². The van der Waals surface area contributed by atoms with Crippen LogP contribution in [0, 0.1) is 0 Å². The number of aryl methyl sites for hydroxylation is 1. The van der Waals surface area contributed by atoms with Crippen molar-refractivity contribution in [2.24, 2.45) is 0 Å². The van der Waals surface area contributed by atoms with Crippen LogP contribution in [0.3, 0.4) is 0 Å². The molecule has 0 bridgehead atoms. The summed E-state index contributed by atoms with van der Waals surface area (Å²) in [6.07, 6.45) is 2.08. The van der Waals surface area contributed by atoms with Gasteiger partial charge in [-0.15, -0.1) is 0 Å². The summed E-state index contributed by atoms with van der Waals surface area (Å²) < 4.78 is 15.7. The average Bonchev–Trinajstić information content (AvgIpc) is 3.13. The molecule has 1 aromatic rings. The highest BCUT2D eigenvalue weighted by Crippen LogP contribution is 2.13. The van der Waals surface area contributed by atoms with Crippen LogP contribution in [0.4, 0.5) is 0 Å². The Morgan fingerprint density at radius 1 is 1.00 bits per heavy atom. The molecule has 0 radical (unpaired) electrons. The zero-order chi connectivity index (χ0) is 19.9. The van der Waals surface area contributed by atoms with Gasteiger partial charge >= 0.3 is 0 Å². The van der Waals surface area contributed by atoms with E-state index in [0.29, 0.717) is 12.2 Å². The molecule has 27 heavy (non-hydrogen) atoms. The molecule has 0 atom stereocenters. The van der Waals surface area contributed by atoms with Gasteiger partial charge in [0.25, 0.3) is 11.8 Å². The molecule has 1 heterocycles. The predicted molar refractivity (Wildman–Crippen MR) is 97.9 cm³/mol. The topological polar surface area (TPSA) is 130 Å². The smallest absolute Gasteiger partial charge is 0.257 e. The van der Waals surface area contributed by atoms with E-state index in [-0.39, 0.29) is 58.3 Å². The number of amides is 2. The van der Waals surface area contributed by atoms with Gasteiger partial charge in [-0.05, 0) is 18.2 Å². The Balaban J connectivity index is 2.70. The Hall–Kier alpha value is -2.20. The summed E-state index contributed by atoms with van der Waals surface area (Å²) in [5, 5.41) is 22.5. The standard InChI is InChI=1S/C18H28N2O7/c1-2-14-3-4-15(27-14)13-16(17(23)19-5-9-25-11-7-21)18(24)20-6-10-26-12-8-22/h3-4,13,21-22H,2,5-12H2,1H3,(H,19,23)(H,20,24). The average molecular weight is 384 g/mol. The van der Waals surface area contributed by atoms with Crippen molar-refractivity contribution in [3.8, 4) is 0 Å². The Morgan fingerprint density at radius 2 is 1.56 bits per heavy atom. The summed E-state index contributed by atoms with van der Waals surface area (Å²) in [5.41, 5.74) is -0.101. The van der Waals surface area contributed by atoms with Crippen molar-refractivity contribution in [2.75, 3.05) is 52.7 Å². The lowest BCUT2D eigenvalue weighted by Gasteiger charge is -2.10. The van der Waals surface area contributed by atoms with Crippen LogP contribution in [0.2, 0.25) is 0 Å². The van der Waals surface area contributed by atoms with Crippen LogP contribution in [0.25, 0.3) is 6.08 Å².